The number of nitro groups is 1. The Morgan fingerprint density at radius 3 is 2.67 bits per heavy atom. The molecule has 3 heterocycles. The Balaban J connectivity index is 1.49. The van der Waals surface area contributed by atoms with E-state index < -0.39 is 16.1 Å². The summed E-state index contributed by atoms with van der Waals surface area (Å²) < 4.78 is 5.72. The number of carbonyl (C=O) groups excluding carboxylic acids is 3. The SMILES string of the molecule is Cc1ccc(-c2ccc(/C=C3/SC(=O)N(CC(=O)N4CCC(C)CC4)C3=O)o2)c([N+](=O)[O-])c1. The topological polar surface area (TPSA) is 114 Å². The van der Waals surface area contributed by atoms with Crippen LogP contribution in [0.3, 0.4) is 0 Å². The number of benzene rings is 1. The van der Waals surface area contributed by atoms with E-state index in [9.17, 15) is 24.5 Å². The van der Waals surface area contributed by atoms with Crippen molar-refractivity contribution in [1.82, 2.24) is 9.80 Å². The number of aryl methyl sites for hydroxylation is 1. The number of imide groups is 1. The Hall–Kier alpha value is -3.40. The molecule has 0 atom stereocenters. The van der Waals surface area contributed by atoms with Crippen molar-refractivity contribution >= 4 is 40.6 Å². The molecule has 9 nitrogen and oxygen atoms in total. The largest absolute Gasteiger partial charge is 0.456 e. The highest BCUT2D eigenvalue weighted by molar-refractivity contribution is 8.18. The van der Waals surface area contributed by atoms with Gasteiger partial charge in [0.25, 0.3) is 16.8 Å². The van der Waals surface area contributed by atoms with Gasteiger partial charge in [0.15, 0.2) is 0 Å². The first-order chi connectivity index (χ1) is 15.7. The number of furan rings is 1. The molecular weight excluding hydrogens is 446 g/mol. The molecule has 3 amide bonds. The molecule has 2 aliphatic heterocycles. The molecule has 0 bridgehead atoms. The van der Waals surface area contributed by atoms with Gasteiger partial charge >= 0.3 is 0 Å². The third-order valence-corrected chi connectivity index (χ3v) is 6.73. The van der Waals surface area contributed by atoms with Crippen molar-refractivity contribution in [2.24, 2.45) is 5.92 Å². The number of piperidine rings is 1. The van der Waals surface area contributed by atoms with Crippen molar-refractivity contribution < 1.29 is 23.7 Å². The first-order valence-electron chi connectivity index (χ1n) is 10.6. The summed E-state index contributed by atoms with van der Waals surface area (Å²) in [6.45, 7) is 4.88. The number of nitrogens with zero attached hydrogens (tertiary/aromatic N) is 3. The summed E-state index contributed by atoms with van der Waals surface area (Å²) in [7, 11) is 0. The molecule has 2 aliphatic rings. The first-order valence-corrected chi connectivity index (χ1v) is 11.4. The molecule has 0 spiro atoms. The molecule has 0 saturated carbocycles. The summed E-state index contributed by atoms with van der Waals surface area (Å²) in [5.41, 5.74) is 0.987. The van der Waals surface area contributed by atoms with E-state index in [2.05, 4.69) is 6.92 Å². The Bertz CT molecular complexity index is 1160. The Morgan fingerprint density at radius 2 is 1.97 bits per heavy atom. The lowest BCUT2D eigenvalue weighted by molar-refractivity contribution is -0.384. The van der Waals surface area contributed by atoms with E-state index in [0.717, 1.165) is 35.1 Å². The summed E-state index contributed by atoms with van der Waals surface area (Å²) in [6.07, 6.45) is 3.24. The third kappa shape index (κ3) is 4.85. The normalized spacial score (nSPS) is 18.4. The lowest BCUT2D eigenvalue weighted by atomic mass is 9.99. The van der Waals surface area contributed by atoms with Gasteiger partial charge < -0.3 is 9.32 Å². The summed E-state index contributed by atoms with van der Waals surface area (Å²) in [6, 6.07) is 7.97. The highest BCUT2D eigenvalue weighted by Crippen LogP contribution is 2.35. The molecule has 33 heavy (non-hydrogen) atoms. The van der Waals surface area contributed by atoms with Crippen LogP contribution in [-0.4, -0.2) is 51.4 Å². The molecular formula is C23H23N3O6S. The molecule has 2 saturated heterocycles. The third-order valence-electron chi connectivity index (χ3n) is 5.82. The Kier molecular flexibility index (Phi) is 6.37. The van der Waals surface area contributed by atoms with Gasteiger partial charge in [-0.1, -0.05) is 13.0 Å². The quantitative estimate of drug-likeness (QED) is 0.361. The molecule has 172 valence electrons. The van der Waals surface area contributed by atoms with Gasteiger partial charge in [-0.25, -0.2) is 0 Å². The van der Waals surface area contributed by atoms with Crippen LogP contribution < -0.4 is 0 Å². The number of likely N-dealkylation sites (tertiary alicyclic amines) is 1. The van der Waals surface area contributed by atoms with Crippen molar-refractivity contribution in [2.45, 2.75) is 26.7 Å². The highest BCUT2D eigenvalue weighted by Gasteiger charge is 2.37. The monoisotopic (exact) mass is 469 g/mol. The van der Waals surface area contributed by atoms with Crippen molar-refractivity contribution in [3.8, 4) is 11.3 Å². The van der Waals surface area contributed by atoms with Gasteiger partial charge in [0.1, 0.15) is 18.1 Å². The predicted octanol–water partition coefficient (Wildman–Crippen LogP) is 4.46. The number of rotatable bonds is 5. The average molecular weight is 470 g/mol. The van der Waals surface area contributed by atoms with E-state index in [4.69, 9.17) is 4.42 Å². The molecule has 0 unspecified atom stereocenters. The van der Waals surface area contributed by atoms with Crippen LogP contribution in [0.5, 0.6) is 0 Å². The Labute approximate surface area is 194 Å². The summed E-state index contributed by atoms with van der Waals surface area (Å²) in [5.74, 6) is 0.331. The standard InChI is InChI=1S/C23H23N3O6S/c1-14-7-9-24(10-8-14)21(27)13-25-22(28)20(33-23(25)29)12-16-4-6-19(32-16)17-5-3-15(2)11-18(17)26(30)31/h3-6,11-12,14H,7-10,13H2,1-2H3/b20-12+. The highest BCUT2D eigenvalue weighted by atomic mass is 32.2. The number of amides is 3. The van der Waals surface area contributed by atoms with E-state index in [1.165, 1.54) is 12.1 Å². The van der Waals surface area contributed by atoms with Gasteiger partial charge in [0.2, 0.25) is 5.91 Å². The zero-order chi connectivity index (χ0) is 23.7. The smallest absolute Gasteiger partial charge is 0.294 e. The molecule has 0 aliphatic carbocycles. The van der Waals surface area contributed by atoms with Crippen molar-refractivity contribution in [2.75, 3.05) is 19.6 Å². The van der Waals surface area contributed by atoms with E-state index in [1.807, 2.05) is 0 Å². The maximum Gasteiger partial charge on any atom is 0.294 e. The van der Waals surface area contributed by atoms with Crippen molar-refractivity contribution in [3.05, 3.63) is 56.7 Å². The lowest BCUT2D eigenvalue weighted by Crippen LogP contribution is -2.45. The van der Waals surface area contributed by atoms with E-state index in [1.54, 1.807) is 36.1 Å². The molecule has 10 heteroatoms. The van der Waals surface area contributed by atoms with E-state index >= 15 is 0 Å². The van der Waals surface area contributed by atoms with Gasteiger partial charge in [0, 0.05) is 25.2 Å². The number of thioether (sulfide) groups is 1. The number of carbonyl (C=O) groups is 3. The second-order valence-electron chi connectivity index (χ2n) is 8.31. The van der Waals surface area contributed by atoms with Crippen LogP contribution in [0.25, 0.3) is 17.4 Å². The molecule has 1 aromatic heterocycles. The molecule has 2 aromatic rings. The fourth-order valence-corrected chi connectivity index (χ4v) is 4.65. The van der Waals surface area contributed by atoms with E-state index in [-0.39, 0.29) is 34.6 Å². The summed E-state index contributed by atoms with van der Waals surface area (Å²) in [5, 5.41) is 10.9. The Morgan fingerprint density at radius 1 is 1.24 bits per heavy atom. The van der Waals surface area contributed by atoms with Crippen LogP contribution in [0.1, 0.15) is 31.1 Å². The van der Waals surface area contributed by atoms with Crippen LogP contribution in [0.4, 0.5) is 10.5 Å². The number of hydrogen-bond donors (Lipinski definition) is 0. The van der Waals surface area contributed by atoms with Gasteiger partial charge in [-0.15, -0.1) is 0 Å². The van der Waals surface area contributed by atoms with Crippen LogP contribution in [0, 0.1) is 23.0 Å². The number of nitro benzene ring substituents is 1. The second kappa shape index (κ2) is 9.22. The first kappa shape index (κ1) is 22.8. The summed E-state index contributed by atoms with van der Waals surface area (Å²) in [4.78, 5) is 51.4. The van der Waals surface area contributed by atoms with Crippen molar-refractivity contribution in [3.63, 3.8) is 0 Å². The minimum atomic E-state index is -0.553. The minimum Gasteiger partial charge on any atom is -0.456 e. The molecule has 0 radical (unpaired) electrons. The van der Waals surface area contributed by atoms with Crippen LogP contribution in [0.2, 0.25) is 0 Å². The van der Waals surface area contributed by atoms with Crippen LogP contribution in [-0.2, 0) is 9.59 Å². The average Bonchev–Trinajstić information content (AvgIpc) is 3.34. The van der Waals surface area contributed by atoms with E-state index in [0.29, 0.717) is 24.6 Å². The van der Waals surface area contributed by atoms with Gasteiger partial charge in [0.05, 0.1) is 15.4 Å². The van der Waals surface area contributed by atoms with Crippen LogP contribution in [0.15, 0.2) is 39.7 Å². The van der Waals surface area contributed by atoms with Gasteiger partial charge in [-0.05, 0) is 61.2 Å². The minimum absolute atomic E-state index is 0.0816. The summed E-state index contributed by atoms with van der Waals surface area (Å²) >= 11 is 0.740. The van der Waals surface area contributed by atoms with Crippen LogP contribution >= 0.6 is 11.8 Å². The number of hydrogen-bond acceptors (Lipinski definition) is 7. The lowest BCUT2D eigenvalue weighted by Gasteiger charge is -2.31. The predicted molar refractivity (Wildman–Crippen MR) is 123 cm³/mol. The molecule has 4 rings (SSSR count). The molecule has 2 fully saturated rings. The zero-order valence-corrected chi connectivity index (χ0v) is 19.1. The van der Waals surface area contributed by atoms with Crippen molar-refractivity contribution in [1.29, 1.82) is 0 Å². The maximum atomic E-state index is 12.8. The second-order valence-corrected chi connectivity index (χ2v) is 9.30. The fraction of sp³-hybridized carbons (Fsp3) is 0.348. The maximum absolute atomic E-state index is 12.8. The zero-order valence-electron chi connectivity index (χ0n) is 18.3. The molecule has 0 N–H and O–H groups in total. The van der Waals surface area contributed by atoms with Gasteiger partial charge in [-0.3, -0.25) is 29.4 Å². The molecule has 1 aromatic carbocycles. The van der Waals surface area contributed by atoms with Gasteiger partial charge in [-0.2, -0.15) is 0 Å². The fourth-order valence-electron chi connectivity index (χ4n) is 3.84.